The summed E-state index contributed by atoms with van der Waals surface area (Å²) in [5, 5.41) is 3.51. The van der Waals surface area contributed by atoms with Crippen molar-refractivity contribution >= 4 is 11.4 Å². The molecule has 0 heterocycles. The molecule has 0 radical (unpaired) electrons. The zero-order chi connectivity index (χ0) is 13.8. The van der Waals surface area contributed by atoms with Gasteiger partial charge in [-0.1, -0.05) is 24.3 Å². The van der Waals surface area contributed by atoms with Crippen LogP contribution in [-0.2, 0) is 6.54 Å². The molecule has 0 spiro atoms. The third-order valence-electron chi connectivity index (χ3n) is 3.54. The van der Waals surface area contributed by atoms with Crippen molar-refractivity contribution in [3.63, 3.8) is 0 Å². The monoisotopic (exact) mass is 254 g/mol. The third-order valence-corrected chi connectivity index (χ3v) is 3.54. The van der Waals surface area contributed by atoms with Crippen molar-refractivity contribution in [3.05, 3.63) is 59.2 Å². The maximum absolute atomic E-state index is 3.51. The Hall–Kier alpha value is -1.96. The first-order chi connectivity index (χ1) is 9.08. The molecule has 0 saturated heterocycles. The zero-order valence-corrected chi connectivity index (χ0v) is 12.2. The average molecular weight is 254 g/mol. The average Bonchev–Trinajstić information content (AvgIpc) is 2.41. The molecule has 0 saturated carbocycles. The van der Waals surface area contributed by atoms with Gasteiger partial charge >= 0.3 is 0 Å². The van der Waals surface area contributed by atoms with Crippen LogP contribution in [0.15, 0.2) is 42.5 Å². The van der Waals surface area contributed by atoms with E-state index in [9.17, 15) is 0 Å². The molecule has 2 rings (SSSR count). The molecular formula is C17H22N2. The van der Waals surface area contributed by atoms with Gasteiger partial charge in [0.05, 0.1) is 0 Å². The number of rotatable bonds is 4. The minimum Gasteiger partial charge on any atom is -0.381 e. The molecule has 2 aromatic carbocycles. The van der Waals surface area contributed by atoms with E-state index in [1.807, 2.05) is 0 Å². The Morgan fingerprint density at radius 3 is 2.26 bits per heavy atom. The number of hydrogen-bond donors (Lipinski definition) is 1. The summed E-state index contributed by atoms with van der Waals surface area (Å²) in [6.45, 7) is 5.16. The summed E-state index contributed by atoms with van der Waals surface area (Å²) in [6.07, 6.45) is 0. The Kier molecular flexibility index (Phi) is 4.10. The standard InChI is InChI=1S/C17H22N2/c1-13-6-5-7-17(14(13)2)18-12-15-8-10-16(11-9-15)19(3)4/h5-11,18H,12H2,1-4H3. The number of anilines is 2. The zero-order valence-electron chi connectivity index (χ0n) is 12.2. The summed E-state index contributed by atoms with van der Waals surface area (Å²) in [5.74, 6) is 0. The molecular weight excluding hydrogens is 232 g/mol. The molecule has 100 valence electrons. The maximum Gasteiger partial charge on any atom is 0.0400 e. The highest BCUT2D eigenvalue weighted by Crippen LogP contribution is 2.19. The highest BCUT2D eigenvalue weighted by molar-refractivity contribution is 5.54. The second-order valence-corrected chi connectivity index (χ2v) is 5.16. The van der Waals surface area contributed by atoms with Gasteiger partial charge in [0.2, 0.25) is 0 Å². The van der Waals surface area contributed by atoms with Crippen LogP contribution in [0, 0.1) is 13.8 Å². The van der Waals surface area contributed by atoms with Crippen LogP contribution in [0.3, 0.4) is 0 Å². The number of benzene rings is 2. The van der Waals surface area contributed by atoms with E-state index in [2.05, 4.69) is 80.6 Å². The highest BCUT2D eigenvalue weighted by atomic mass is 15.1. The van der Waals surface area contributed by atoms with Gasteiger partial charge in [-0.2, -0.15) is 0 Å². The predicted molar refractivity (Wildman–Crippen MR) is 84.0 cm³/mol. The molecule has 2 nitrogen and oxygen atoms in total. The second kappa shape index (κ2) is 5.79. The molecule has 2 heteroatoms. The second-order valence-electron chi connectivity index (χ2n) is 5.16. The lowest BCUT2D eigenvalue weighted by Gasteiger charge is -2.14. The Morgan fingerprint density at radius 1 is 0.947 bits per heavy atom. The molecule has 0 fully saturated rings. The van der Waals surface area contributed by atoms with Gasteiger partial charge in [-0.25, -0.2) is 0 Å². The molecule has 0 amide bonds. The molecule has 0 atom stereocenters. The van der Waals surface area contributed by atoms with E-state index in [1.54, 1.807) is 0 Å². The minimum atomic E-state index is 0.859. The molecule has 0 unspecified atom stereocenters. The Morgan fingerprint density at radius 2 is 1.63 bits per heavy atom. The summed E-state index contributed by atoms with van der Waals surface area (Å²) in [6, 6.07) is 15.0. The first-order valence-corrected chi connectivity index (χ1v) is 6.64. The molecule has 2 aromatic rings. The summed E-state index contributed by atoms with van der Waals surface area (Å²) in [5.41, 5.74) is 6.40. The van der Waals surface area contributed by atoms with Gasteiger partial charge in [-0.3, -0.25) is 0 Å². The smallest absolute Gasteiger partial charge is 0.0400 e. The van der Waals surface area contributed by atoms with Crippen molar-refractivity contribution in [1.82, 2.24) is 0 Å². The molecule has 0 aliphatic carbocycles. The number of nitrogens with one attached hydrogen (secondary N) is 1. The fourth-order valence-corrected chi connectivity index (χ4v) is 2.05. The van der Waals surface area contributed by atoms with Crippen molar-refractivity contribution in [2.45, 2.75) is 20.4 Å². The number of nitrogens with zero attached hydrogens (tertiary/aromatic N) is 1. The van der Waals surface area contributed by atoms with E-state index in [0.717, 1.165) is 6.54 Å². The lowest BCUT2D eigenvalue weighted by molar-refractivity contribution is 1.11. The quantitative estimate of drug-likeness (QED) is 0.887. The van der Waals surface area contributed by atoms with Crippen molar-refractivity contribution in [3.8, 4) is 0 Å². The SMILES string of the molecule is Cc1cccc(NCc2ccc(N(C)C)cc2)c1C. The van der Waals surface area contributed by atoms with Crippen LogP contribution in [0.1, 0.15) is 16.7 Å². The van der Waals surface area contributed by atoms with Gasteiger partial charge in [0.25, 0.3) is 0 Å². The minimum absolute atomic E-state index is 0.859. The van der Waals surface area contributed by atoms with Crippen LogP contribution < -0.4 is 10.2 Å². The maximum atomic E-state index is 3.51. The summed E-state index contributed by atoms with van der Waals surface area (Å²) in [7, 11) is 4.12. The van der Waals surface area contributed by atoms with Gasteiger partial charge in [-0.05, 0) is 48.7 Å². The predicted octanol–water partition coefficient (Wildman–Crippen LogP) is 3.98. The number of aryl methyl sites for hydroxylation is 1. The topological polar surface area (TPSA) is 15.3 Å². The van der Waals surface area contributed by atoms with Gasteiger partial charge in [0.1, 0.15) is 0 Å². The van der Waals surface area contributed by atoms with Crippen LogP contribution in [-0.4, -0.2) is 14.1 Å². The Bertz CT molecular complexity index is 542. The fraction of sp³-hybridized carbons (Fsp3) is 0.294. The third kappa shape index (κ3) is 3.28. The van der Waals surface area contributed by atoms with Crippen molar-refractivity contribution < 1.29 is 0 Å². The van der Waals surface area contributed by atoms with Gasteiger partial charge < -0.3 is 10.2 Å². The van der Waals surface area contributed by atoms with Crippen molar-refractivity contribution in [2.75, 3.05) is 24.3 Å². The van der Waals surface area contributed by atoms with Crippen LogP contribution in [0.5, 0.6) is 0 Å². The largest absolute Gasteiger partial charge is 0.381 e. The van der Waals surface area contributed by atoms with E-state index in [1.165, 1.54) is 28.1 Å². The first kappa shape index (κ1) is 13.5. The number of hydrogen-bond acceptors (Lipinski definition) is 2. The fourth-order valence-electron chi connectivity index (χ4n) is 2.05. The van der Waals surface area contributed by atoms with Crippen molar-refractivity contribution in [1.29, 1.82) is 0 Å². The Balaban J connectivity index is 2.04. The summed E-state index contributed by atoms with van der Waals surface area (Å²) >= 11 is 0. The summed E-state index contributed by atoms with van der Waals surface area (Å²) < 4.78 is 0. The van der Waals surface area contributed by atoms with Gasteiger partial charge in [0.15, 0.2) is 0 Å². The Labute approximate surface area is 116 Å². The first-order valence-electron chi connectivity index (χ1n) is 6.64. The van der Waals surface area contributed by atoms with E-state index in [4.69, 9.17) is 0 Å². The molecule has 0 aliphatic rings. The van der Waals surface area contributed by atoms with E-state index in [0.29, 0.717) is 0 Å². The lowest BCUT2D eigenvalue weighted by atomic mass is 10.1. The van der Waals surface area contributed by atoms with Crippen LogP contribution in [0.4, 0.5) is 11.4 Å². The van der Waals surface area contributed by atoms with Gasteiger partial charge in [0, 0.05) is 32.0 Å². The van der Waals surface area contributed by atoms with Crippen molar-refractivity contribution in [2.24, 2.45) is 0 Å². The van der Waals surface area contributed by atoms with Crippen LogP contribution in [0.25, 0.3) is 0 Å². The van der Waals surface area contributed by atoms with E-state index in [-0.39, 0.29) is 0 Å². The van der Waals surface area contributed by atoms with E-state index < -0.39 is 0 Å². The summed E-state index contributed by atoms with van der Waals surface area (Å²) in [4.78, 5) is 2.11. The van der Waals surface area contributed by atoms with Crippen LogP contribution >= 0.6 is 0 Å². The van der Waals surface area contributed by atoms with Crippen LogP contribution in [0.2, 0.25) is 0 Å². The van der Waals surface area contributed by atoms with Gasteiger partial charge in [-0.15, -0.1) is 0 Å². The molecule has 0 aromatic heterocycles. The molecule has 1 N–H and O–H groups in total. The normalized spacial score (nSPS) is 10.3. The van der Waals surface area contributed by atoms with E-state index >= 15 is 0 Å². The molecule has 0 bridgehead atoms. The molecule has 19 heavy (non-hydrogen) atoms. The lowest BCUT2D eigenvalue weighted by Crippen LogP contribution is -2.08. The highest BCUT2D eigenvalue weighted by Gasteiger charge is 2.01. The molecule has 0 aliphatic heterocycles.